The molecular formula is CH5Br4NPb-4. The second-order valence-corrected chi connectivity index (χ2v) is 0. The Morgan fingerprint density at radius 3 is 0.714 bits per heavy atom. The Kier molecular flexibility index (Phi) is 512. The third-order valence-electron chi connectivity index (χ3n) is 0. The summed E-state index contributed by atoms with van der Waals surface area (Å²) in [5.74, 6) is 0. The van der Waals surface area contributed by atoms with Crippen LogP contribution in [0.1, 0.15) is 0 Å². The van der Waals surface area contributed by atoms with Crippen molar-refractivity contribution in [1.82, 2.24) is 0 Å². The molecule has 0 aromatic heterocycles. The zero-order valence-corrected chi connectivity index (χ0v) is 13.8. The molecule has 0 unspecified atom stereocenters. The normalized spacial score (nSPS) is 0.857. The Morgan fingerprint density at radius 2 is 0.714 bits per heavy atom. The summed E-state index contributed by atoms with van der Waals surface area (Å²) in [6.07, 6.45) is 0. The summed E-state index contributed by atoms with van der Waals surface area (Å²) < 4.78 is 0. The molecule has 0 atom stereocenters. The fraction of sp³-hybridized carbons (Fsp3) is 1.00. The van der Waals surface area contributed by atoms with E-state index in [4.69, 9.17) is 0 Å². The first-order valence-corrected chi connectivity index (χ1v) is 0.577. The van der Waals surface area contributed by atoms with Gasteiger partial charge in [-0.2, -0.15) is 0 Å². The van der Waals surface area contributed by atoms with Gasteiger partial charge in [0, 0.05) is 27.3 Å². The van der Waals surface area contributed by atoms with Gasteiger partial charge in [0.1, 0.15) is 0 Å². The molecule has 0 saturated heterocycles. The van der Waals surface area contributed by atoms with Crippen molar-refractivity contribution in [3.05, 3.63) is 0 Å². The molecule has 0 amide bonds. The van der Waals surface area contributed by atoms with Gasteiger partial charge in [0.25, 0.3) is 0 Å². The Labute approximate surface area is 106 Å². The van der Waals surface area contributed by atoms with Gasteiger partial charge in [-0.15, -0.1) is 0 Å². The van der Waals surface area contributed by atoms with Gasteiger partial charge < -0.3 is 73.7 Å². The minimum absolute atomic E-state index is 0. The van der Waals surface area contributed by atoms with Crippen LogP contribution in [-0.2, 0) is 0 Å². The molecule has 50 valence electrons. The van der Waals surface area contributed by atoms with Crippen LogP contribution in [0, 0.1) is 0 Å². The molecule has 6 heteroatoms. The Bertz CT molecular complexity index is 11.7. The summed E-state index contributed by atoms with van der Waals surface area (Å²) in [7, 11) is 1.50. The molecule has 0 rings (SSSR count). The summed E-state index contributed by atoms with van der Waals surface area (Å²) in [5.41, 5.74) is 4.50. The molecule has 0 spiro atoms. The van der Waals surface area contributed by atoms with Crippen molar-refractivity contribution >= 4 is 27.3 Å². The first kappa shape index (κ1) is 52.5. The molecule has 0 aliphatic rings. The molecule has 7 heavy (non-hydrogen) atoms. The zero-order chi connectivity index (χ0) is 2.00. The molecule has 0 fully saturated rings. The maximum absolute atomic E-state index is 4.50. The summed E-state index contributed by atoms with van der Waals surface area (Å²) in [4.78, 5) is 0. The van der Waals surface area contributed by atoms with Crippen LogP contribution in [0.15, 0.2) is 0 Å². The minimum atomic E-state index is 0. The van der Waals surface area contributed by atoms with E-state index >= 15 is 0 Å². The standard InChI is InChI=1S/CH5N.4BrH.Pb/c1-2;;;;;/h2H2,1H3;4*1H;/p-4. The van der Waals surface area contributed by atoms with E-state index in [0.29, 0.717) is 0 Å². The summed E-state index contributed by atoms with van der Waals surface area (Å²) >= 11 is 0. The zero-order valence-electron chi connectivity index (χ0n) is 3.59. The monoisotopic (exact) mass is 555 g/mol. The Morgan fingerprint density at radius 1 is 0.714 bits per heavy atom. The van der Waals surface area contributed by atoms with Crippen molar-refractivity contribution in [3.63, 3.8) is 0 Å². The van der Waals surface area contributed by atoms with E-state index in [1.54, 1.807) is 0 Å². The third kappa shape index (κ3) is 51.9. The van der Waals surface area contributed by atoms with Crippen LogP contribution in [-0.4, -0.2) is 34.3 Å². The van der Waals surface area contributed by atoms with E-state index in [2.05, 4.69) is 5.73 Å². The fourth-order valence-corrected chi connectivity index (χ4v) is 0. The molecule has 0 aromatic rings. The van der Waals surface area contributed by atoms with Gasteiger partial charge in [-0.1, -0.05) is 0 Å². The first-order chi connectivity index (χ1) is 1.00. The molecule has 4 radical (unpaired) electrons. The van der Waals surface area contributed by atoms with Gasteiger partial charge in [0.05, 0.1) is 0 Å². The van der Waals surface area contributed by atoms with Gasteiger partial charge in [0.2, 0.25) is 0 Å². The van der Waals surface area contributed by atoms with E-state index in [1.165, 1.54) is 7.05 Å². The SMILES string of the molecule is CN.[Br-].[Br-].[Br-].[Br-].[Pb]. The third-order valence-corrected chi connectivity index (χ3v) is 0. The number of hydrogen-bond acceptors (Lipinski definition) is 1. The van der Waals surface area contributed by atoms with Gasteiger partial charge in [-0.25, -0.2) is 0 Å². The summed E-state index contributed by atoms with van der Waals surface area (Å²) in [6, 6.07) is 0. The topological polar surface area (TPSA) is 26.0 Å². The van der Waals surface area contributed by atoms with Crippen LogP contribution in [0.25, 0.3) is 0 Å². The summed E-state index contributed by atoms with van der Waals surface area (Å²) in [5, 5.41) is 0. The molecule has 2 N–H and O–H groups in total. The van der Waals surface area contributed by atoms with E-state index in [9.17, 15) is 0 Å². The van der Waals surface area contributed by atoms with Crippen molar-refractivity contribution in [2.24, 2.45) is 5.73 Å². The van der Waals surface area contributed by atoms with Crippen molar-refractivity contribution in [2.75, 3.05) is 7.05 Å². The molecule has 0 aromatic carbocycles. The van der Waals surface area contributed by atoms with E-state index in [1.807, 2.05) is 0 Å². The van der Waals surface area contributed by atoms with E-state index in [0.717, 1.165) is 0 Å². The maximum atomic E-state index is 4.50. The molecule has 0 aliphatic carbocycles. The van der Waals surface area contributed by atoms with Crippen molar-refractivity contribution in [3.8, 4) is 0 Å². The molecule has 0 saturated carbocycles. The van der Waals surface area contributed by atoms with Crippen LogP contribution in [0.3, 0.4) is 0 Å². The summed E-state index contributed by atoms with van der Waals surface area (Å²) in [6.45, 7) is 0. The molecule has 1 nitrogen and oxygen atoms in total. The Hall–Kier alpha value is 2.80. The number of rotatable bonds is 0. The maximum Gasteiger partial charge on any atom is 0 e. The minimum Gasteiger partial charge on any atom is -1.00 e. The van der Waals surface area contributed by atoms with E-state index in [-0.39, 0.29) is 95.2 Å². The molecule has 0 bridgehead atoms. The van der Waals surface area contributed by atoms with Crippen LogP contribution in [0.5, 0.6) is 0 Å². The van der Waals surface area contributed by atoms with Crippen molar-refractivity contribution in [1.29, 1.82) is 0 Å². The molecular weight excluding hydrogens is 553 g/mol. The second kappa shape index (κ2) is 68.2. The largest absolute Gasteiger partial charge is 1.00 e. The number of hydrogen-bond donors (Lipinski definition) is 1. The second-order valence-electron chi connectivity index (χ2n) is 0. The Balaban J connectivity index is -0.000000000500. The van der Waals surface area contributed by atoms with Gasteiger partial charge in [-0.3, -0.25) is 0 Å². The molecule has 0 heterocycles. The quantitative estimate of drug-likeness (QED) is 0.294. The van der Waals surface area contributed by atoms with Crippen molar-refractivity contribution < 1.29 is 67.9 Å². The number of nitrogens with two attached hydrogens (primary N) is 1. The smallest absolute Gasteiger partial charge is 0 e. The van der Waals surface area contributed by atoms with Crippen LogP contribution < -0.4 is 73.7 Å². The number of halogens is 4. The van der Waals surface area contributed by atoms with Crippen LogP contribution in [0.4, 0.5) is 0 Å². The first-order valence-electron chi connectivity index (χ1n) is 0.577. The van der Waals surface area contributed by atoms with Crippen LogP contribution in [0.2, 0.25) is 0 Å². The average molecular weight is 558 g/mol. The van der Waals surface area contributed by atoms with E-state index < -0.39 is 0 Å². The predicted molar refractivity (Wildman–Crippen MR) is 15.9 cm³/mol. The average Bonchev–Trinajstić information content (AvgIpc) is 1.00. The predicted octanol–water partition coefficient (Wildman–Crippen LogP) is -12.8. The molecule has 0 aliphatic heterocycles. The van der Waals surface area contributed by atoms with Crippen LogP contribution >= 0.6 is 0 Å². The van der Waals surface area contributed by atoms with Gasteiger partial charge in [-0.05, 0) is 7.05 Å². The van der Waals surface area contributed by atoms with Gasteiger partial charge in [0.15, 0.2) is 0 Å². The van der Waals surface area contributed by atoms with Gasteiger partial charge >= 0.3 is 0 Å². The fourth-order valence-electron chi connectivity index (χ4n) is 0. The van der Waals surface area contributed by atoms with Crippen molar-refractivity contribution in [2.45, 2.75) is 0 Å².